The minimum absolute atomic E-state index is 0.138. The van der Waals surface area contributed by atoms with Gasteiger partial charge in [0.1, 0.15) is 5.75 Å². The molecule has 1 N–H and O–H groups in total. The predicted molar refractivity (Wildman–Crippen MR) is 108 cm³/mol. The van der Waals surface area contributed by atoms with Crippen LogP contribution in [-0.4, -0.2) is 31.4 Å². The summed E-state index contributed by atoms with van der Waals surface area (Å²) >= 11 is 8.67. The zero-order valence-corrected chi connectivity index (χ0v) is 17.4. The normalized spacial score (nSPS) is 12.0. The number of nitrogens with one attached hydrogen (secondary N) is 1. The van der Waals surface area contributed by atoms with Gasteiger partial charge in [0.2, 0.25) is 5.91 Å². The van der Waals surface area contributed by atoms with Gasteiger partial charge in [-0.15, -0.1) is 21.5 Å². The van der Waals surface area contributed by atoms with Crippen molar-refractivity contribution in [3.05, 3.63) is 46.2 Å². The number of hydrogen-bond donors (Lipinski definition) is 1. The number of ether oxygens (including phenoxy) is 1. The lowest BCUT2D eigenvalue weighted by Gasteiger charge is -2.16. The standard InChI is InChI=1S/C17H18ClN5O2S2/c1-10-8-12(18)4-5-13(10)25-11(2)15-21-22-17(23(15)3)27-9-14(24)20-16-19-6-7-26-16/h4-8,11H,9H2,1-3H3,(H,19,20,24). The highest BCUT2D eigenvalue weighted by atomic mass is 35.5. The monoisotopic (exact) mass is 423 g/mol. The average Bonchev–Trinajstić information content (AvgIpc) is 3.25. The molecule has 7 nitrogen and oxygen atoms in total. The van der Waals surface area contributed by atoms with Crippen molar-refractivity contribution >= 4 is 45.7 Å². The lowest BCUT2D eigenvalue weighted by atomic mass is 10.2. The minimum Gasteiger partial charge on any atom is -0.482 e. The molecule has 142 valence electrons. The number of aryl methyl sites for hydroxylation is 1. The Hall–Kier alpha value is -2.10. The number of carbonyl (C=O) groups is 1. The number of benzene rings is 1. The van der Waals surface area contributed by atoms with Crippen LogP contribution >= 0.6 is 34.7 Å². The maximum absolute atomic E-state index is 12.0. The Balaban J connectivity index is 1.61. The largest absolute Gasteiger partial charge is 0.482 e. The van der Waals surface area contributed by atoms with Crippen molar-refractivity contribution in [3.63, 3.8) is 0 Å². The zero-order chi connectivity index (χ0) is 19.4. The van der Waals surface area contributed by atoms with Gasteiger partial charge in [-0.1, -0.05) is 23.4 Å². The number of rotatable bonds is 7. The van der Waals surface area contributed by atoms with Gasteiger partial charge in [-0.2, -0.15) is 0 Å². The quantitative estimate of drug-likeness (QED) is 0.576. The van der Waals surface area contributed by atoms with Gasteiger partial charge < -0.3 is 14.6 Å². The Labute approximate surface area is 170 Å². The molecule has 0 aliphatic carbocycles. The van der Waals surface area contributed by atoms with Crippen LogP contribution in [0.1, 0.15) is 24.4 Å². The summed E-state index contributed by atoms with van der Waals surface area (Å²) in [6.07, 6.45) is 1.34. The molecule has 2 heterocycles. The Bertz CT molecular complexity index is 930. The Morgan fingerprint density at radius 1 is 1.44 bits per heavy atom. The van der Waals surface area contributed by atoms with Crippen molar-refractivity contribution in [2.75, 3.05) is 11.1 Å². The lowest BCUT2D eigenvalue weighted by molar-refractivity contribution is -0.113. The van der Waals surface area contributed by atoms with Gasteiger partial charge in [-0.05, 0) is 37.6 Å². The van der Waals surface area contributed by atoms with Crippen LogP contribution in [0, 0.1) is 6.92 Å². The maximum Gasteiger partial charge on any atom is 0.236 e. The van der Waals surface area contributed by atoms with E-state index in [1.54, 1.807) is 12.3 Å². The second-order valence-corrected chi connectivity index (χ2v) is 8.02. The fourth-order valence-electron chi connectivity index (χ4n) is 2.36. The SMILES string of the molecule is Cc1cc(Cl)ccc1OC(C)c1nnc(SCC(=O)Nc2nccs2)n1C. The third-order valence-electron chi connectivity index (χ3n) is 3.68. The lowest BCUT2D eigenvalue weighted by Crippen LogP contribution is -2.14. The Morgan fingerprint density at radius 3 is 2.96 bits per heavy atom. The molecule has 0 bridgehead atoms. The number of thioether (sulfide) groups is 1. The first-order valence-corrected chi connectivity index (χ1v) is 10.3. The number of thiazole rings is 1. The number of amides is 1. The topological polar surface area (TPSA) is 81.9 Å². The molecular weight excluding hydrogens is 406 g/mol. The van der Waals surface area contributed by atoms with E-state index in [-0.39, 0.29) is 17.8 Å². The average molecular weight is 424 g/mol. The molecule has 1 unspecified atom stereocenters. The van der Waals surface area contributed by atoms with E-state index in [1.807, 2.05) is 43.0 Å². The van der Waals surface area contributed by atoms with Gasteiger partial charge in [0.25, 0.3) is 0 Å². The van der Waals surface area contributed by atoms with Gasteiger partial charge in [-0.25, -0.2) is 4.98 Å². The first-order valence-electron chi connectivity index (χ1n) is 8.08. The molecule has 0 spiro atoms. The van der Waals surface area contributed by atoms with E-state index in [4.69, 9.17) is 16.3 Å². The molecule has 27 heavy (non-hydrogen) atoms. The molecule has 1 amide bonds. The van der Waals surface area contributed by atoms with Gasteiger partial charge in [0, 0.05) is 23.6 Å². The highest BCUT2D eigenvalue weighted by Gasteiger charge is 2.19. The first-order chi connectivity index (χ1) is 12.9. The number of carbonyl (C=O) groups excluding carboxylic acids is 1. The Kier molecular flexibility index (Phi) is 6.35. The van der Waals surface area contributed by atoms with E-state index < -0.39 is 0 Å². The molecule has 3 rings (SSSR count). The summed E-state index contributed by atoms with van der Waals surface area (Å²) in [7, 11) is 1.85. The molecule has 0 aliphatic rings. The van der Waals surface area contributed by atoms with Crippen LogP contribution in [-0.2, 0) is 11.8 Å². The van der Waals surface area contributed by atoms with Crippen LogP contribution in [0.25, 0.3) is 0 Å². The molecule has 10 heteroatoms. The summed E-state index contributed by atoms with van der Waals surface area (Å²) < 4.78 is 7.83. The van der Waals surface area contributed by atoms with Crippen LogP contribution in [0.2, 0.25) is 5.02 Å². The second kappa shape index (κ2) is 8.73. The molecule has 0 fully saturated rings. The highest BCUT2D eigenvalue weighted by molar-refractivity contribution is 7.99. The van der Waals surface area contributed by atoms with Crippen LogP contribution in [0.5, 0.6) is 5.75 Å². The number of nitrogens with zero attached hydrogens (tertiary/aromatic N) is 4. The summed E-state index contributed by atoms with van der Waals surface area (Å²) in [6, 6.07) is 5.47. The van der Waals surface area contributed by atoms with Crippen LogP contribution in [0.15, 0.2) is 34.9 Å². The minimum atomic E-state index is -0.305. The van der Waals surface area contributed by atoms with Gasteiger partial charge in [0.15, 0.2) is 22.2 Å². The third kappa shape index (κ3) is 5.00. The molecule has 1 atom stereocenters. The summed E-state index contributed by atoms with van der Waals surface area (Å²) in [5.41, 5.74) is 0.949. The van der Waals surface area contributed by atoms with E-state index in [2.05, 4.69) is 20.5 Å². The molecule has 2 aromatic heterocycles. The van der Waals surface area contributed by atoms with Crippen molar-refractivity contribution in [1.29, 1.82) is 0 Å². The van der Waals surface area contributed by atoms with E-state index >= 15 is 0 Å². The highest BCUT2D eigenvalue weighted by Crippen LogP contribution is 2.27. The van der Waals surface area contributed by atoms with E-state index in [9.17, 15) is 4.79 Å². The number of hydrogen-bond acceptors (Lipinski definition) is 7. The fraction of sp³-hybridized carbons (Fsp3) is 0.294. The fourth-order valence-corrected chi connectivity index (χ4v) is 3.85. The molecule has 1 aromatic carbocycles. The van der Waals surface area contributed by atoms with Crippen molar-refractivity contribution in [2.45, 2.75) is 25.1 Å². The van der Waals surface area contributed by atoms with Crippen molar-refractivity contribution in [2.24, 2.45) is 7.05 Å². The zero-order valence-electron chi connectivity index (χ0n) is 15.0. The maximum atomic E-state index is 12.0. The van der Waals surface area contributed by atoms with Gasteiger partial charge >= 0.3 is 0 Å². The summed E-state index contributed by atoms with van der Waals surface area (Å²) in [4.78, 5) is 16.0. The van der Waals surface area contributed by atoms with Crippen molar-refractivity contribution in [1.82, 2.24) is 19.7 Å². The first kappa shape index (κ1) is 19.7. The predicted octanol–water partition coefficient (Wildman–Crippen LogP) is 4.10. The smallest absolute Gasteiger partial charge is 0.236 e. The van der Waals surface area contributed by atoms with Gasteiger partial charge in [-0.3, -0.25) is 4.79 Å². The van der Waals surface area contributed by atoms with E-state index in [1.165, 1.54) is 23.1 Å². The molecule has 0 saturated heterocycles. The summed E-state index contributed by atoms with van der Waals surface area (Å²) in [5.74, 6) is 1.50. The van der Waals surface area contributed by atoms with E-state index in [0.29, 0.717) is 21.1 Å². The van der Waals surface area contributed by atoms with Crippen LogP contribution in [0.4, 0.5) is 5.13 Å². The molecule has 0 saturated carbocycles. The summed E-state index contributed by atoms with van der Waals surface area (Å²) in [6.45, 7) is 3.84. The van der Waals surface area contributed by atoms with Crippen molar-refractivity contribution in [3.8, 4) is 5.75 Å². The molecule has 3 aromatic rings. The van der Waals surface area contributed by atoms with Crippen LogP contribution < -0.4 is 10.1 Å². The number of anilines is 1. The molecule has 0 radical (unpaired) electrons. The van der Waals surface area contributed by atoms with E-state index in [0.717, 1.165) is 11.3 Å². The molecule has 0 aliphatic heterocycles. The second-order valence-electron chi connectivity index (χ2n) is 5.74. The number of aromatic nitrogens is 4. The van der Waals surface area contributed by atoms with Crippen molar-refractivity contribution < 1.29 is 9.53 Å². The number of halogens is 1. The Morgan fingerprint density at radius 2 is 2.26 bits per heavy atom. The summed E-state index contributed by atoms with van der Waals surface area (Å²) in [5, 5.41) is 14.8. The van der Waals surface area contributed by atoms with Crippen LogP contribution in [0.3, 0.4) is 0 Å². The molecular formula is C17H18ClN5O2S2. The van der Waals surface area contributed by atoms with Gasteiger partial charge in [0.05, 0.1) is 5.75 Å². The third-order valence-corrected chi connectivity index (χ3v) is 5.63.